The van der Waals surface area contributed by atoms with Crippen LogP contribution in [0.1, 0.15) is 187 Å². The predicted octanol–water partition coefficient (Wildman–Crippen LogP) is 11.0. The highest BCUT2D eigenvalue weighted by Crippen LogP contribution is 2.16. The second-order valence-corrected chi connectivity index (χ2v) is 11.1. The summed E-state index contributed by atoms with van der Waals surface area (Å²) in [5.41, 5.74) is 5.41. The van der Waals surface area contributed by atoms with E-state index in [1.54, 1.807) is 0 Å². The van der Waals surface area contributed by atoms with Crippen molar-refractivity contribution in [3.05, 3.63) is 12.3 Å². The van der Waals surface area contributed by atoms with Crippen LogP contribution in [0.4, 0.5) is 0 Å². The van der Waals surface area contributed by atoms with Gasteiger partial charge in [-0.1, -0.05) is 186 Å². The standard InChI is InChI=1S/C33H68N2/c1-2-3-4-5-6-7-8-9-10-11-12-13-14-15-16-17-18-19-20-21-22-23-24-25-26-27-28-29-32-35-33-30-31-34/h30,33,35H,2-29,31-32,34H2,1H3. The van der Waals surface area contributed by atoms with Crippen LogP contribution >= 0.6 is 0 Å². The van der Waals surface area contributed by atoms with E-state index in [2.05, 4.69) is 12.2 Å². The van der Waals surface area contributed by atoms with E-state index in [-0.39, 0.29) is 0 Å². The summed E-state index contributed by atoms with van der Waals surface area (Å²) in [6.45, 7) is 4.03. The van der Waals surface area contributed by atoms with Crippen LogP contribution in [-0.4, -0.2) is 13.1 Å². The molecular formula is C33H68N2. The molecule has 0 aliphatic rings. The average Bonchev–Trinajstić information content (AvgIpc) is 2.87. The Kier molecular flexibility index (Phi) is 33.0. The van der Waals surface area contributed by atoms with Crippen molar-refractivity contribution in [1.29, 1.82) is 0 Å². The van der Waals surface area contributed by atoms with Gasteiger partial charge in [0.1, 0.15) is 0 Å². The second kappa shape index (κ2) is 33.5. The van der Waals surface area contributed by atoms with Crippen LogP contribution in [0.2, 0.25) is 0 Å². The minimum Gasteiger partial charge on any atom is -0.391 e. The molecule has 0 heterocycles. The van der Waals surface area contributed by atoms with Gasteiger partial charge < -0.3 is 11.1 Å². The zero-order valence-corrected chi connectivity index (χ0v) is 24.4. The fourth-order valence-electron chi connectivity index (χ4n) is 5.13. The molecule has 0 rings (SSSR count). The Morgan fingerprint density at radius 1 is 0.400 bits per heavy atom. The maximum absolute atomic E-state index is 5.41. The summed E-state index contributed by atoms with van der Waals surface area (Å²) in [5.74, 6) is 0. The molecule has 2 heteroatoms. The average molecular weight is 493 g/mol. The molecule has 0 spiro atoms. The van der Waals surface area contributed by atoms with Crippen molar-refractivity contribution in [2.45, 2.75) is 187 Å². The number of nitrogens with one attached hydrogen (secondary N) is 1. The number of rotatable bonds is 31. The van der Waals surface area contributed by atoms with Crippen LogP contribution in [0, 0.1) is 0 Å². The molecule has 0 saturated carbocycles. The predicted molar refractivity (Wildman–Crippen MR) is 161 cm³/mol. The molecule has 0 atom stereocenters. The van der Waals surface area contributed by atoms with Gasteiger partial charge in [-0.25, -0.2) is 0 Å². The van der Waals surface area contributed by atoms with Gasteiger partial charge in [-0.05, 0) is 12.6 Å². The quantitative estimate of drug-likeness (QED) is 0.0944. The van der Waals surface area contributed by atoms with E-state index < -0.39 is 0 Å². The van der Waals surface area contributed by atoms with Gasteiger partial charge >= 0.3 is 0 Å². The normalized spacial score (nSPS) is 11.6. The summed E-state index contributed by atoms with van der Waals surface area (Å²) in [5, 5.41) is 3.30. The first kappa shape index (κ1) is 34.5. The van der Waals surface area contributed by atoms with Crippen molar-refractivity contribution >= 4 is 0 Å². The van der Waals surface area contributed by atoms with Crippen LogP contribution < -0.4 is 11.1 Å². The molecule has 0 aliphatic carbocycles. The fourth-order valence-corrected chi connectivity index (χ4v) is 5.13. The lowest BCUT2D eigenvalue weighted by Gasteiger charge is -2.04. The van der Waals surface area contributed by atoms with Crippen LogP contribution in [0.3, 0.4) is 0 Å². The zero-order valence-electron chi connectivity index (χ0n) is 24.4. The molecule has 3 N–H and O–H groups in total. The Labute approximate surface area is 223 Å². The van der Waals surface area contributed by atoms with Gasteiger partial charge in [0.05, 0.1) is 0 Å². The van der Waals surface area contributed by atoms with Gasteiger partial charge in [-0.15, -0.1) is 0 Å². The van der Waals surface area contributed by atoms with E-state index in [1.165, 1.54) is 180 Å². The summed E-state index contributed by atoms with van der Waals surface area (Å²) >= 11 is 0. The van der Waals surface area contributed by atoms with E-state index in [9.17, 15) is 0 Å². The van der Waals surface area contributed by atoms with Crippen molar-refractivity contribution in [1.82, 2.24) is 5.32 Å². The lowest BCUT2D eigenvalue weighted by molar-refractivity contribution is 0.514. The second-order valence-electron chi connectivity index (χ2n) is 11.1. The van der Waals surface area contributed by atoms with Crippen LogP contribution in [-0.2, 0) is 0 Å². The number of nitrogens with two attached hydrogens (primary N) is 1. The lowest BCUT2D eigenvalue weighted by Crippen LogP contribution is -2.07. The molecule has 0 saturated heterocycles. The van der Waals surface area contributed by atoms with E-state index in [1.807, 2.05) is 12.3 Å². The first-order valence-corrected chi connectivity index (χ1v) is 16.5. The van der Waals surface area contributed by atoms with E-state index in [0.29, 0.717) is 6.54 Å². The van der Waals surface area contributed by atoms with Crippen LogP contribution in [0.15, 0.2) is 12.3 Å². The molecular weight excluding hydrogens is 424 g/mol. The van der Waals surface area contributed by atoms with Crippen LogP contribution in [0.25, 0.3) is 0 Å². The molecule has 210 valence electrons. The fraction of sp³-hybridized carbons (Fsp3) is 0.939. The molecule has 0 amide bonds. The highest BCUT2D eigenvalue weighted by molar-refractivity contribution is 4.79. The number of hydrogen-bond donors (Lipinski definition) is 2. The maximum Gasteiger partial charge on any atom is 0.0141 e. The highest BCUT2D eigenvalue weighted by atomic mass is 14.8. The number of hydrogen-bond acceptors (Lipinski definition) is 2. The van der Waals surface area contributed by atoms with Crippen molar-refractivity contribution in [2.75, 3.05) is 13.1 Å². The van der Waals surface area contributed by atoms with Gasteiger partial charge in [0.2, 0.25) is 0 Å². The minimum absolute atomic E-state index is 0.632. The zero-order chi connectivity index (χ0) is 25.3. The number of unbranched alkanes of at least 4 members (excludes halogenated alkanes) is 27. The first-order valence-electron chi connectivity index (χ1n) is 16.5. The minimum atomic E-state index is 0.632. The first-order chi connectivity index (χ1) is 17.4. The largest absolute Gasteiger partial charge is 0.391 e. The molecule has 0 aromatic heterocycles. The third-order valence-corrected chi connectivity index (χ3v) is 7.55. The molecule has 0 bridgehead atoms. The Morgan fingerprint density at radius 3 is 0.914 bits per heavy atom. The summed E-state index contributed by atoms with van der Waals surface area (Å²) in [6.07, 6.45) is 44.8. The maximum atomic E-state index is 5.41. The van der Waals surface area contributed by atoms with Gasteiger partial charge in [0.15, 0.2) is 0 Å². The molecule has 0 radical (unpaired) electrons. The SMILES string of the molecule is CCCCCCCCCCCCCCCCCCCCCCCCCCCCCCNC=CCN. The van der Waals surface area contributed by atoms with Crippen LogP contribution in [0.5, 0.6) is 0 Å². The molecule has 0 aliphatic heterocycles. The molecule has 0 aromatic carbocycles. The van der Waals surface area contributed by atoms with Crippen molar-refractivity contribution in [3.8, 4) is 0 Å². The summed E-state index contributed by atoms with van der Waals surface area (Å²) in [7, 11) is 0. The molecule has 2 nitrogen and oxygen atoms in total. The highest BCUT2D eigenvalue weighted by Gasteiger charge is 1.96. The smallest absolute Gasteiger partial charge is 0.0141 e. The summed E-state index contributed by atoms with van der Waals surface area (Å²) in [4.78, 5) is 0. The van der Waals surface area contributed by atoms with E-state index in [0.717, 1.165) is 6.54 Å². The Morgan fingerprint density at radius 2 is 0.657 bits per heavy atom. The summed E-state index contributed by atoms with van der Waals surface area (Å²) < 4.78 is 0. The Balaban J connectivity index is 3.01. The molecule has 0 unspecified atom stereocenters. The third kappa shape index (κ3) is 33.5. The summed E-state index contributed by atoms with van der Waals surface area (Å²) in [6, 6.07) is 0. The van der Waals surface area contributed by atoms with Crippen molar-refractivity contribution in [3.63, 3.8) is 0 Å². The molecule has 35 heavy (non-hydrogen) atoms. The van der Waals surface area contributed by atoms with Crippen molar-refractivity contribution < 1.29 is 0 Å². The third-order valence-electron chi connectivity index (χ3n) is 7.55. The monoisotopic (exact) mass is 493 g/mol. The molecule has 0 aromatic rings. The Bertz CT molecular complexity index is 379. The topological polar surface area (TPSA) is 38.0 Å². The van der Waals surface area contributed by atoms with E-state index in [4.69, 9.17) is 5.73 Å². The van der Waals surface area contributed by atoms with Gasteiger partial charge in [0, 0.05) is 13.1 Å². The van der Waals surface area contributed by atoms with Gasteiger partial charge in [0.25, 0.3) is 0 Å². The van der Waals surface area contributed by atoms with Gasteiger partial charge in [-0.2, -0.15) is 0 Å². The Hall–Kier alpha value is -0.500. The van der Waals surface area contributed by atoms with Crippen molar-refractivity contribution in [2.24, 2.45) is 5.73 Å². The lowest BCUT2D eigenvalue weighted by atomic mass is 10.0. The van der Waals surface area contributed by atoms with Gasteiger partial charge in [-0.3, -0.25) is 0 Å². The molecule has 0 fully saturated rings. The van der Waals surface area contributed by atoms with E-state index >= 15 is 0 Å².